The number of hydrogen-bond acceptors (Lipinski definition) is 5. The van der Waals surface area contributed by atoms with Crippen molar-refractivity contribution in [3.05, 3.63) is 62.4 Å². The van der Waals surface area contributed by atoms with E-state index in [4.69, 9.17) is 16.0 Å². The van der Waals surface area contributed by atoms with Gasteiger partial charge in [-0.25, -0.2) is 9.97 Å². The maximum absolute atomic E-state index is 12.2. The van der Waals surface area contributed by atoms with Crippen LogP contribution in [0.5, 0.6) is 0 Å². The first kappa shape index (κ1) is 17.4. The van der Waals surface area contributed by atoms with Gasteiger partial charge in [-0.1, -0.05) is 23.4 Å². The van der Waals surface area contributed by atoms with Gasteiger partial charge in [0, 0.05) is 21.9 Å². The normalized spacial score (nSPS) is 13.6. The third-order valence-electron chi connectivity index (χ3n) is 4.50. The highest BCUT2D eigenvalue weighted by Gasteiger charge is 2.17. The molecule has 0 saturated carbocycles. The number of H-pyrrole nitrogens is 1. The summed E-state index contributed by atoms with van der Waals surface area (Å²) in [6.45, 7) is 1.89. The van der Waals surface area contributed by atoms with E-state index >= 15 is 0 Å². The first-order chi connectivity index (χ1) is 12.6. The second-order valence-electron chi connectivity index (χ2n) is 6.32. The molecule has 0 fully saturated rings. The SMILES string of the molecule is Cc1oc(-c2ccc(Cl)cc2)nc1CSc1nc2c(c(=O)[nH]1)CCCC2. The first-order valence-corrected chi connectivity index (χ1v) is 9.93. The number of halogens is 1. The molecule has 0 aliphatic heterocycles. The minimum atomic E-state index is -0.00377. The van der Waals surface area contributed by atoms with Crippen molar-refractivity contribution in [1.82, 2.24) is 15.0 Å². The first-order valence-electron chi connectivity index (χ1n) is 8.57. The van der Waals surface area contributed by atoms with Crippen LogP contribution in [0.25, 0.3) is 11.5 Å². The zero-order chi connectivity index (χ0) is 18.1. The summed E-state index contributed by atoms with van der Waals surface area (Å²) in [4.78, 5) is 24.3. The van der Waals surface area contributed by atoms with Crippen molar-refractivity contribution in [2.24, 2.45) is 0 Å². The van der Waals surface area contributed by atoms with E-state index in [-0.39, 0.29) is 5.56 Å². The van der Waals surface area contributed by atoms with Crippen molar-refractivity contribution in [3.63, 3.8) is 0 Å². The van der Waals surface area contributed by atoms with Crippen molar-refractivity contribution in [2.45, 2.75) is 43.5 Å². The van der Waals surface area contributed by atoms with Gasteiger partial charge in [-0.15, -0.1) is 0 Å². The molecule has 0 unspecified atom stereocenters. The molecule has 0 atom stereocenters. The van der Waals surface area contributed by atoms with Crippen LogP contribution in [0, 0.1) is 6.92 Å². The second kappa shape index (κ2) is 7.29. The molecule has 26 heavy (non-hydrogen) atoms. The van der Waals surface area contributed by atoms with Gasteiger partial charge in [0.1, 0.15) is 5.76 Å². The van der Waals surface area contributed by atoms with Crippen molar-refractivity contribution in [3.8, 4) is 11.5 Å². The monoisotopic (exact) mass is 387 g/mol. The van der Waals surface area contributed by atoms with Crippen LogP contribution in [0.3, 0.4) is 0 Å². The summed E-state index contributed by atoms with van der Waals surface area (Å²) in [5, 5.41) is 1.32. The molecule has 4 rings (SSSR count). The fourth-order valence-electron chi connectivity index (χ4n) is 3.06. The van der Waals surface area contributed by atoms with Gasteiger partial charge in [0.2, 0.25) is 5.89 Å². The fourth-order valence-corrected chi connectivity index (χ4v) is 4.07. The van der Waals surface area contributed by atoms with Gasteiger partial charge in [0.15, 0.2) is 5.16 Å². The molecular weight excluding hydrogens is 370 g/mol. The van der Waals surface area contributed by atoms with E-state index in [1.807, 2.05) is 31.2 Å². The number of benzene rings is 1. The topological polar surface area (TPSA) is 71.8 Å². The average molecular weight is 388 g/mol. The van der Waals surface area contributed by atoms with Crippen LogP contribution in [0.15, 0.2) is 38.6 Å². The average Bonchev–Trinajstić information content (AvgIpc) is 3.01. The quantitative estimate of drug-likeness (QED) is 0.525. The number of oxazole rings is 1. The van der Waals surface area contributed by atoms with E-state index in [9.17, 15) is 4.79 Å². The van der Waals surface area contributed by atoms with Crippen molar-refractivity contribution in [2.75, 3.05) is 0 Å². The largest absolute Gasteiger partial charge is 0.441 e. The van der Waals surface area contributed by atoms with Crippen molar-refractivity contribution >= 4 is 23.4 Å². The maximum Gasteiger partial charge on any atom is 0.254 e. The number of rotatable bonds is 4. The lowest BCUT2D eigenvalue weighted by atomic mass is 9.97. The fraction of sp³-hybridized carbons (Fsp3) is 0.316. The summed E-state index contributed by atoms with van der Waals surface area (Å²) in [5.41, 5.74) is 3.52. The van der Waals surface area contributed by atoms with E-state index in [2.05, 4.69) is 15.0 Å². The van der Waals surface area contributed by atoms with E-state index in [0.29, 0.717) is 21.8 Å². The molecule has 0 saturated heterocycles. The summed E-state index contributed by atoms with van der Waals surface area (Å²) in [6.07, 6.45) is 3.88. The smallest absolute Gasteiger partial charge is 0.254 e. The molecular formula is C19H18ClN3O2S. The molecule has 2 aromatic heterocycles. The zero-order valence-corrected chi connectivity index (χ0v) is 15.9. The summed E-state index contributed by atoms with van der Waals surface area (Å²) in [6, 6.07) is 7.39. The summed E-state index contributed by atoms with van der Waals surface area (Å²) < 4.78 is 5.78. The van der Waals surface area contributed by atoms with E-state index in [0.717, 1.165) is 54.0 Å². The van der Waals surface area contributed by atoms with Gasteiger partial charge in [-0.2, -0.15) is 0 Å². The van der Waals surface area contributed by atoms with E-state index < -0.39 is 0 Å². The van der Waals surface area contributed by atoms with Gasteiger partial charge in [-0.3, -0.25) is 4.79 Å². The standard InChI is InChI=1S/C19H18ClN3O2S/c1-11-16(21-18(25-11)12-6-8-13(20)9-7-12)10-26-19-22-15-5-3-2-4-14(15)17(24)23-19/h6-9H,2-5,10H2,1H3,(H,22,23,24). The summed E-state index contributed by atoms with van der Waals surface area (Å²) in [7, 11) is 0. The lowest BCUT2D eigenvalue weighted by Crippen LogP contribution is -2.21. The van der Waals surface area contributed by atoms with Gasteiger partial charge in [0.25, 0.3) is 5.56 Å². The molecule has 0 amide bonds. The van der Waals surface area contributed by atoms with Gasteiger partial charge < -0.3 is 9.40 Å². The Labute approximate surface area is 160 Å². The molecule has 1 aliphatic rings. The van der Waals surface area contributed by atoms with Crippen LogP contribution in [-0.2, 0) is 18.6 Å². The number of nitrogens with zero attached hydrogens (tertiary/aromatic N) is 2. The highest BCUT2D eigenvalue weighted by Crippen LogP contribution is 2.27. The number of aryl methyl sites for hydroxylation is 2. The number of thioether (sulfide) groups is 1. The number of nitrogens with one attached hydrogen (secondary N) is 1. The third-order valence-corrected chi connectivity index (χ3v) is 5.64. The Balaban J connectivity index is 1.52. The third kappa shape index (κ3) is 3.57. The molecule has 2 heterocycles. The Morgan fingerprint density at radius 3 is 2.77 bits per heavy atom. The number of aromatic amines is 1. The van der Waals surface area contributed by atoms with Crippen molar-refractivity contribution < 1.29 is 4.42 Å². The predicted octanol–water partition coefficient (Wildman–Crippen LogP) is 4.56. The molecule has 3 aromatic rings. The van der Waals surface area contributed by atoms with Gasteiger partial charge >= 0.3 is 0 Å². The summed E-state index contributed by atoms with van der Waals surface area (Å²) >= 11 is 7.40. The molecule has 1 aliphatic carbocycles. The molecule has 5 nitrogen and oxygen atoms in total. The molecule has 0 bridgehead atoms. The van der Waals surface area contributed by atoms with Crippen LogP contribution in [0.2, 0.25) is 5.02 Å². The Morgan fingerprint density at radius 1 is 1.19 bits per heavy atom. The second-order valence-corrected chi connectivity index (χ2v) is 7.72. The van der Waals surface area contributed by atoms with E-state index in [1.165, 1.54) is 11.8 Å². The summed E-state index contributed by atoms with van der Waals surface area (Å²) in [5.74, 6) is 1.93. The Bertz CT molecular complexity index is 995. The Kier molecular flexibility index (Phi) is 4.87. The number of aromatic nitrogens is 3. The molecule has 134 valence electrons. The van der Waals surface area contributed by atoms with Gasteiger partial charge in [-0.05, 0) is 56.9 Å². The van der Waals surface area contributed by atoms with Gasteiger partial charge in [0.05, 0.1) is 11.4 Å². The molecule has 7 heteroatoms. The molecule has 1 N–H and O–H groups in total. The predicted molar refractivity (Wildman–Crippen MR) is 103 cm³/mol. The van der Waals surface area contributed by atoms with Crippen LogP contribution in [0.4, 0.5) is 0 Å². The minimum Gasteiger partial charge on any atom is -0.441 e. The van der Waals surface area contributed by atoms with Crippen LogP contribution < -0.4 is 5.56 Å². The molecule has 1 aromatic carbocycles. The zero-order valence-electron chi connectivity index (χ0n) is 14.3. The lowest BCUT2D eigenvalue weighted by molar-refractivity contribution is 0.540. The Hall–Kier alpha value is -2.05. The highest BCUT2D eigenvalue weighted by atomic mass is 35.5. The maximum atomic E-state index is 12.2. The van der Waals surface area contributed by atoms with E-state index in [1.54, 1.807) is 0 Å². The molecule has 0 radical (unpaired) electrons. The minimum absolute atomic E-state index is 0.00377. The van der Waals surface area contributed by atoms with Crippen LogP contribution >= 0.6 is 23.4 Å². The highest BCUT2D eigenvalue weighted by molar-refractivity contribution is 7.98. The van der Waals surface area contributed by atoms with Crippen LogP contribution in [-0.4, -0.2) is 15.0 Å². The van der Waals surface area contributed by atoms with Crippen molar-refractivity contribution in [1.29, 1.82) is 0 Å². The van der Waals surface area contributed by atoms with Crippen LogP contribution in [0.1, 0.15) is 35.6 Å². The lowest BCUT2D eigenvalue weighted by Gasteiger charge is -2.14. The number of fused-ring (bicyclic) bond motifs is 1. The number of hydrogen-bond donors (Lipinski definition) is 1. The molecule has 0 spiro atoms. The Morgan fingerprint density at radius 2 is 1.96 bits per heavy atom.